The number of hydrogen-bond acceptors (Lipinski definition) is 2. The third-order valence-electron chi connectivity index (χ3n) is 3.41. The van der Waals surface area contributed by atoms with Crippen LogP contribution in [0.3, 0.4) is 0 Å². The number of carbonyl (C=O) groups is 1. The first-order valence-electron chi connectivity index (χ1n) is 6.35. The van der Waals surface area contributed by atoms with Gasteiger partial charge in [0.25, 0.3) is 0 Å². The number of benzene rings is 1. The summed E-state index contributed by atoms with van der Waals surface area (Å²) in [7, 11) is 0. The van der Waals surface area contributed by atoms with E-state index in [1.807, 2.05) is 0 Å². The van der Waals surface area contributed by atoms with E-state index < -0.39 is 11.7 Å². The first-order valence-corrected chi connectivity index (χ1v) is 7.15. The molecule has 2 rings (SSSR count). The van der Waals surface area contributed by atoms with E-state index in [-0.39, 0.29) is 28.2 Å². The van der Waals surface area contributed by atoms with Crippen LogP contribution < -0.4 is 0 Å². The number of ether oxygens (including phenoxy) is 1. The van der Waals surface area contributed by atoms with Crippen LogP contribution in [0.4, 0.5) is 13.2 Å². The molecule has 6 heteroatoms. The van der Waals surface area contributed by atoms with Gasteiger partial charge in [-0.15, -0.1) is 0 Å². The van der Waals surface area contributed by atoms with Gasteiger partial charge in [-0.3, -0.25) is 4.79 Å². The molecule has 1 aliphatic rings. The van der Waals surface area contributed by atoms with Crippen LogP contribution in [0.5, 0.6) is 0 Å². The van der Waals surface area contributed by atoms with Crippen molar-refractivity contribution in [2.75, 3.05) is 13.2 Å². The molecule has 0 unspecified atom stereocenters. The van der Waals surface area contributed by atoms with Crippen LogP contribution in [0.15, 0.2) is 22.7 Å². The second kappa shape index (κ2) is 6.26. The Balaban J connectivity index is 2.13. The Labute approximate surface area is 123 Å². The van der Waals surface area contributed by atoms with Gasteiger partial charge in [-0.2, -0.15) is 13.2 Å². The van der Waals surface area contributed by atoms with E-state index >= 15 is 0 Å². The quantitative estimate of drug-likeness (QED) is 0.752. The van der Waals surface area contributed by atoms with E-state index in [0.717, 1.165) is 18.9 Å². The Morgan fingerprint density at radius 3 is 2.55 bits per heavy atom. The van der Waals surface area contributed by atoms with Crippen LogP contribution in [0, 0.1) is 5.92 Å². The van der Waals surface area contributed by atoms with Crippen molar-refractivity contribution in [2.24, 2.45) is 5.92 Å². The maximum absolute atomic E-state index is 12.8. The zero-order valence-electron chi connectivity index (χ0n) is 10.7. The van der Waals surface area contributed by atoms with Crippen LogP contribution in [0.2, 0.25) is 0 Å². The monoisotopic (exact) mass is 350 g/mol. The molecule has 0 N–H and O–H groups in total. The summed E-state index contributed by atoms with van der Waals surface area (Å²) >= 11 is 2.87. The summed E-state index contributed by atoms with van der Waals surface area (Å²) < 4.78 is 43.5. The van der Waals surface area contributed by atoms with Gasteiger partial charge in [-0.25, -0.2) is 0 Å². The van der Waals surface area contributed by atoms with Crippen molar-refractivity contribution in [2.45, 2.75) is 25.4 Å². The number of alkyl halides is 3. The molecule has 0 amide bonds. The number of ketones is 1. The summed E-state index contributed by atoms with van der Waals surface area (Å²) in [6.45, 7) is 1.23. The zero-order valence-corrected chi connectivity index (χ0v) is 12.3. The molecule has 20 heavy (non-hydrogen) atoms. The molecule has 1 aromatic rings. The lowest BCUT2D eigenvalue weighted by atomic mass is 9.91. The molecular formula is C14H14BrF3O2. The number of halogens is 4. The van der Waals surface area contributed by atoms with E-state index in [4.69, 9.17) is 4.74 Å². The van der Waals surface area contributed by atoms with Crippen molar-refractivity contribution in [3.63, 3.8) is 0 Å². The van der Waals surface area contributed by atoms with Crippen molar-refractivity contribution in [1.82, 2.24) is 0 Å². The SMILES string of the molecule is O=C(CC1CCOCC1)c1ccc(Br)c(C(F)(F)F)c1. The topological polar surface area (TPSA) is 26.3 Å². The molecule has 1 aliphatic heterocycles. The Kier molecular flexibility index (Phi) is 4.86. The highest BCUT2D eigenvalue weighted by Crippen LogP contribution is 2.35. The van der Waals surface area contributed by atoms with E-state index in [1.165, 1.54) is 12.1 Å². The summed E-state index contributed by atoms with van der Waals surface area (Å²) in [5.74, 6) is -0.0378. The molecule has 0 radical (unpaired) electrons. The van der Waals surface area contributed by atoms with Crippen molar-refractivity contribution < 1.29 is 22.7 Å². The average molecular weight is 351 g/mol. The molecule has 1 heterocycles. The molecule has 0 aliphatic carbocycles. The van der Waals surface area contributed by atoms with Gasteiger partial charge in [0.2, 0.25) is 0 Å². The maximum atomic E-state index is 12.8. The second-order valence-corrected chi connectivity index (χ2v) is 5.73. The number of carbonyl (C=O) groups excluding carboxylic acids is 1. The Bertz CT molecular complexity index is 494. The Hall–Kier alpha value is -0.880. The third-order valence-corrected chi connectivity index (χ3v) is 4.10. The molecule has 1 saturated heterocycles. The minimum absolute atomic E-state index is 0.0485. The minimum Gasteiger partial charge on any atom is -0.381 e. The van der Waals surface area contributed by atoms with Crippen molar-refractivity contribution in [3.8, 4) is 0 Å². The fourth-order valence-electron chi connectivity index (χ4n) is 2.25. The van der Waals surface area contributed by atoms with Crippen LogP contribution in [-0.2, 0) is 10.9 Å². The van der Waals surface area contributed by atoms with Crippen molar-refractivity contribution in [3.05, 3.63) is 33.8 Å². The van der Waals surface area contributed by atoms with E-state index in [9.17, 15) is 18.0 Å². The molecule has 1 aromatic carbocycles. The van der Waals surface area contributed by atoms with Crippen LogP contribution in [-0.4, -0.2) is 19.0 Å². The predicted octanol–water partition coefficient (Wildman–Crippen LogP) is 4.47. The molecule has 110 valence electrons. The largest absolute Gasteiger partial charge is 0.417 e. The summed E-state index contributed by atoms with van der Waals surface area (Å²) in [5, 5.41) is 0. The van der Waals surface area contributed by atoms with Gasteiger partial charge in [0, 0.05) is 29.7 Å². The molecular weight excluding hydrogens is 337 g/mol. The first kappa shape index (κ1) is 15.5. The number of Topliss-reactive ketones (excluding diaryl/α,β-unsaturated/α-hetero) is 1. The maximum Gasteiger partial charge on any atom is 0.417 e. The molecule has 0 bridgehead atoms. The standard InChI is InChI=1S/C14H14BrF3O2/c15-12-2-1-10(8-11(12)14(16,17)18)13(19)7-9-3-5-20-6-4-9/h1-2,8-9H,3-7H2. The third kappa shape index (κ3) is 3.82. The molecule has 2 nitrogen and oxygen atoms in total. The normalized spacial score (nSPS) is 17.2. The van der Waals surface area contributed by atoms with E-state index in [0.29, 0.717) is 13.2 Å². The lowest BCUT2D eigenvalue weighted by Crippen LogP contribution is -2.19. The first-order chi connectivity index (χ1) is 9.38. The van der Waals surface area contributed by atoms with Gasteiger partial charge in [-0.1, -0.05) is 22.0 Å². The average Bonchev–Trinajstić information content (AvgIpc) is 2.39. The Morgan fingerprint density at radius 2 is 1.95 bits per heavy atom. The molecule has 0 saturated carbocycles. The summed E-state index contributed by atoms with van der Waals surface area (Å²) in [4.78, 5) is 12.1. The van der Waals surface area contributed by atoms with Crippen LogP contribution in [0.25, 0.3) is 0 Å². The van der Waals surface area contributed by atoms with Gasteiger partial charge in [-0.05, 0) is 30.9 Å². The van der Waals surface area contributed by atoms with E-state index in [1.54, 1.807) is 0 Å². The molecule has 1 fully saturated rings. The lowest BCUT2D eigenvalue weighted by molar-refractivity contribution is -0.138. The van der Waals surface area contributed by atoms with Gasteiger partial charge < -0.3 is 4.74 Å². The summed E-state index contributed by atoms with van der Waals surface area (Å²) in [6, 6.07) is 3.63. The van der Waals surface area contributed by atoms with Gasteiger partial charge in [0.15, 0.2) is 5.78 Å². The van der Waals surface area contributed by atoms with Crippen molar-refractivity contribution in [1.29, 1.82) is 0 Å². The predicted molar refractivity (Wildman–Crippen MR) is 71.6 cm³/mol. The van der Waals surface area contributed by atoms with Gasteiger partial charge >= 0.3 is 6.18 Å². The fraction of sp³-hybridized carbons (Fsp3) is 0.500. The fourth-order valence-corrected chi connectivity index (χ4v) is 2.72. The van der Waals surface area contributed by atoms with Crippen LogP contribution >= 0.6 is 15.9 Å². The molecule has 0 spiro atoms. The zero-order chi connectivity index (χ0) is 14.8. The highest BCUT2D eigenvalue weighted by atomic mass is 79.9. The highest BCUT2D eigenvalue weighted by molar-refractivity contribution is 9.10. The summed E-state index contributed by atoms with van der Waals surface area (Å²) in [5.41, 5.74) is -0.692. The number of hydrogen-bond donors (Lipinski definition) is 0. The highest BCUT2D eigenvalue weighted by Gasteiger charge is 2.33. The Morgan fingerprint density at radius 1 is 1.30 bits per heavy atom. The minimum atomic E-state index is -4.46. The van der Waals surface area contributed by atoms with Gasteiger partial charge in [0.05, 0.1) is 5.56 Å². The van der Waals surface area contributed by atoms with Crippen molar-refractivity contribution >= 4 is 21.7 Å². The van der Waals surface area contributed by atoms with Crippen LogP contribution in [0.1, 0.15) is 35.2 Å². The lowest BCUT2D eigenvalue weighted by Gasteiger charge is -2.21. The van der Waals surface area contributed by atoms with Gasteiger partial charge in [0.1, 0.15) is 0 Å². The molecule has 0 aromatic heterocycles. The molecule has 0 atom stereocenters. The number of rotatable bonds is 3. The smallest absolute Gasteiger partial charge is 0.381 e. The summed E-state index contributed by atoms with van der Waals surface area (Å²) in [6.07, 6.45) is -2.61. The van der Waals surface area contributed by atoms with E-state index in [2.05, 4.69) is 15.9 Å². The second-order valence-electron chi connectivity index (χ2n) is 4.88.